The molecule has 0 atom stereocenters. The Labute approximate surface area is 98.5 Å². The van der Waals surface area contributed by atoms with Gasteiger partial charge in [0, 0.05) is 4.47 Å². The SMILES string of the molecule is CC(=O)c1cc(C)c(Br)cc1OC(F)(F)F. The van der Waals surface area contributed by atoms with Crippen LogP contribution in [0.15, 0.2) is 16.6 Å². The molecule has 16 heavy (non-hydrogen) atoms. The van der Waals surface area contributed by atoms with Gasteiger partial charge in [-0.05, 0) is 31.5 Å². The zero-order valence-electron chi connectivity index (χ0n) is 8.48. The van der Waals surface area contributed by atoms with Gasteiger partial charge in [0.05, 0.1) is 5.56 Å². The molecule has 0 amide bonds. The Balaban J connectivity index is 3.25. The van der Waals surface area contributed by atoms with Crippen molar-refractivity contribution in [3.63, 3.8) is 0 Å². The number of ketones is 1. The molecule has 1 aromatic carbocycles. The normalized spacial score (nSPS) is 11.4. The lowest BCUT2D eigenvalue weighted by atomic mass is 10.1. The predicted octanol–water partition coefficient (Wildman–Crippen LogP) is 3.86. The van der Waals surface area contributed by atoms with E-state index in [2.05, 4.69) is 20.7 Å². The number of alkyl halides is 3. The van der Waals surface area contributed by atoms with E-state index in [0.29, 0.717) is 10.0 Å². The van der Waals surface area contributed by atoms with Crippen LogP contribution in [0.1, 0.15) is 22.8 Å². The van der Waals surface area contributed by atoms with Crippen LogP contribution in [0.4, 0.5) is 13.2 Å². The molecule has 1 rings (SSSR count). The third-order valence-electron chi connectivity index (χ3n) is 1.87. The number of rotatable bonds is 2. The van der Waals surface area contributed by atoms with Crippen molar-refractivity contribution in [2.75, 3.05) is 0 Å². The maximum Gasteiger partial charge on any atom is 0.573 e. The van der Waals surface area contributed by atoms with E-state index in [9.17, 15) is 18.0 Å². The van der Waals surface area contributed by atoms with E-state index < -0.39 is 17.9 Å². The van der Waals surface area contributed by atoms with E-state index in [4.69, 9.17) is 0 Å². The minimum absolute atomic E-state index is 0.0852. The van der Waals surface area contributed by atoms with Crippen LogP contribution in [0.3, 0.4) is 0 Å². The molecule has 0 aromatic heterocycles. The van der Waals surface area contributed by atoms with Gasteiger partial charge in [0.25, 0.3) is 0 Å². The molecule has 0 N–H and O–H groups in total. The van der Waals surface area contributed by atoms with Gasteiger partial charge in [-0.25, -0.2) is 0 Å². The summed E-state index contributed by atoms with van der Waals surface area (Å²) in [5, 5.41) is 0. The highest BCUT2D eigenvalue weighted by atomic mass is 79.9. The van der Waals surface area contributed by atoms with Crippen LogP contribution in [0.2, 0.25) is 0 Å². The first kappa shape index (κ1) is 13.0. The highest BCUT2D eigenvalue weighted by Gasteiger charge is 2.32. The lowest BCUT2D eigenvalue weighted by molar-refractivity contribution is -0.274. The minimum Gasteiger partial charge on any atom is -0.405 e. The third kappa shape index (κ3) is 3.23. The molecule has 0 aliphatic carbocycles. The molecule has 2 nitrogen and oxygen atoms in total. The highest BCUT2D eigenvalue weighted by molar-refractivity contribution is 9.10. The quantitative estimate of drug-likeness (QED) is 0.775. The molecular weight excluding hydrogens is 289 g/mol. The molecule has 88 valence electrons. The van der Waals surface area contributed by atoms with Crippen molar-refractivity contribution >= 4 is 21.7 Å². The Morgan fingerprint density at radius 3 is 2.38 bits per heavy atom. The molecule has 0 aliphatic rings. The average molecular weight is 297 g/mol. The van der Waals surface area contributed by atoms with Gasteiger partial charge in [0.15, 0.2) is 5.78 Å². The first-order valence-electron chi connectivity index (χ1n) is 4.27. The Hall–Kier alpha value is -1.04. The van der Waals surface area contributed by atoms with Gasteiger partial charge in [-0.2, -0.15) is 0 Å². The predicted molar refractivity (Wildman–Crippen MR) is 55.6 cm³/mol. The van der Waals surface area contributed by atoms with E-state index in [1.807, 2.05) is 0 Å². The number of carbonyl (C=O) groups excluding carboxylic acids is 1. The van der Waals surface area contributed by atoms with Crippen molar-refractivity contribution in [2.24, 2.45) is 0 Å². The molecule has 0 radical (unpaired) electrons. The van der Waals surface area contributed by atoms with Crippen LogP contribution in [-0.4, -0.2) is 12.1 Å². The Kier molecular flexibility index (Phi) is 3.62. The number of hydrogen-bond acceptors (Lipinski definition) is 2. The Morgan fingerprint density at radius 2 is 1.94 bits per heavy atom. The van der Waals surface area contributed by atoms with E-state index in [1.165, 1.54) is 13.0 Å². The summed E-state index contributed by atoms with van der Waals surface area (Å²) in [7, 11) is 0. The molecule has 0 unspecified atom stereocenters. The maximum atomic E-state index is 12.1. The summed E-state index contributed by atoms with van der Waals surface area (Å²) >= 11 is 3.08. The van der Waals surface area contributed by atoms with Crippen molar-refractivity contribution < 1.29 is 22.7 Å². The summed E-state index contributed by atoms with van der Waals surface area (Å²) in [6.45, 7) is 2.86. The molecule has 0 bridgehead atoms. The van der Waals surface area contributed by atoms with Crippen molar-refractivity contribution in [2.45, 2.75) is 20.2 Å². The van der Waals surface area contributed by atoms with Crippen molar-refractivity contribution in [3.8, 4) is 5.75 Å². The Morgan fingerprint density at radius 1 is 1.38 bits per heavy atom. The van der Waals surface area contributed by atoms with E-state index in [0.717, 1.165) is 6.07 Å². The topological polar surface area (TPSA) is 26.3 Å². The number of ether oxygens (including phenoxy) is 1. The van der Waals surface area contributed by atoms with Gasteiger partial charge in [-0.1, -0.05) is 15.9 Å². The van der Waals surface area contributed by atoms with Crippen molar-refractivity contribution in [1.29, 1.82) is 0 Å². The van der Waals surface area contributed by atoms with Crippen LogP contribution in [0, 0.1) is 6.92 Å². The van der Waals surface area contributed by atoms with Crippen molar-refractivity contribution in [3.05, 3.63) is 27.7 Å². The lowest BCUT2D eigenvalue weighted by Gasteiger charge is -2.13. The fourth-order valence-corrected chi connectivity index (χ4v) is 1.47. The molecule has 1 aromatic rings. The van der Waals surface area contributed by atoms with Crippen LogP contribution >= 0.6 is 15.9 Å². The third-order valence-corrected chi connectivity index (χ3v) is 2.72. The summed E-state index contributed by atoms with van der Waals surface area (Å²) in [4.78, 5) is 11.2. The molecule has 0 heterocycles. The number of Topliss-reactive ketones (excluding diaryl/α,β-unsaturated/α-hetero) is 1. The zero-order valence-corrected chi connectivity index (χ0v) is 10.1. The summed E-state index contributed by atoms with van der Waals surface area (Å²) in [6, 6.07) is 2.49. The zero-order chi connectivity index (χ0) is 12.5. The van der Waals surface area contributed by atoms with Crippen molar-refractivity contribution in [1.82, 2.24) is 0 Å². The summed E-state index contributed by atoms with van der Waals surface area (Å²) in [5.74, 6) is -0.965. The second-order valence-corrected chi connectivity index (χ2v) is 4.06. The maximum absolute atomic E-state index is 12.1. The van der Waals surface area contributed by atoms with E-state index >= 15 is 0 Å². The van der Waals surface area contributed by atoms with Crippen LogP contribution < -0.4 is 4.74 Å². The van der Waals surface area contributed by atoms with Gasteiger partial charge in [-0.15, -0.1) is 13.2 Å². The number of hydrogen-bond donors (Lipinski definition) is 0. The van der Waals surface area contributed by atoms with Crippen LogP contribution in [0.25, 0.3) is 0 Å². The monoisotopic (exact) mass is 296 g/mol. The summed E-state index contributed by atoms with van der Waals surface area (Å²) < 4.78 is 40.4. The van der Waals surface area contributed by atoms with Gasteiger partial charge < -0.3 is 4.74 Å². The number of aryl methyl sites for hydroxylation is 1. The van der Waals surface area contributed by atoms with Gasteiger partial charge in [-0.3, -0.25) is 4.79 Å². The van der Waals surface area contributed by atoms with Crippen LogP contribution in [0.5, 0.6) is 5.75 Å². The van der Waals surface area contributed by atoms with Gasteiger partial charge in [0.1, 0.15) is 5.75 Å². The fourth-order valence-electron chi connectivity index (χ4n) is 1.15. The van der Waals surface area contributed by atoms with Gasteiger partial charge in [0.2, 0.25) is 0 Å². The number of halogens is 4. The molecule has 0 saturated heterocycles. The molecule has 0 saturated carbocycles. The average Bonchev–Trinajstić information content (AvgIpc) is 2.07. The minimum atomic E-state index is -4.81. The number of carbonyl (C=O) groups is 1. The standard InChI is InChI=1S/C10H8BrF3O2/c1-5-3-7(6(2)15)9(4-8(5)11)16-10(12,13)14/h3-4H,1-2H3. The smallest absolute Gasteiger partial charge is 0.405 e. The van der Waals surface area contributed by atoms with Gasteiger partial charge >= 0.3 is 6.36 Å². The Bertz CT molecular complexity index is 427. The lowest BCUT2D eigenvalue weighted by Crippen LogP contribution is -2.18. The second kappa shape index (κ2) is 4.45. The molecule has 6 heteroatoms. The van der Waals surface area contributed by atoms with E-state index in [-0.39, 0.29) is 5.56 Å². The first-order valence-corrected chi connectivity index (χ1v) is 5.07. The first-order chi connectivity index (χ1) is 7.20. The fraction of sp³-hybridized carbons (Fsp3) is 0.300. The summed E-state index contributed by atoms with van der Waals surface area (Å²) in [6.07, 6.45) is -4.81. The van der Waals surface area contributed by atoms with Crippen LogP contribution in [-0.2, 0) is 0 Å². The molecule has 0 aliphatic heterocycles. The largest absolute Gasteiger partial charge is 0.573 e. The molecule has 0 spiro atoms. The second-order valence-electron chi connectivity index (χ2n) is 3.20. The number of benzene rings is 1. The summed E-state index contributed by atoms with van der Waals surface area (Å²) in [5.41, 5.74) is 0.581. The molecule has 0 fully saturated rings. The highest BCUT2D eigenvalue weighted by Crippen LogP contribution is 2.31. The van der Waals surface area contributed by atoms with E-state index in [1.54, 1.807) is 6.92 Å². The molecular formula is C10H8BrF3O2.